The number of hydrogen-bond acceptors (Lipinski definition) is 2. The molecule has 0 spiro atoms. The molecule has 1 fully saturated rings. The molecule has 2 amide bonds. The second kappa shape index (κ2) is 5.17. The number of piperazine rings is 1. The molecule has 2 atom stereocenters. The van der Waals surface area contributed by atoms with Gasteiger partial charge in [-0.2, -0.15) is 0 Å². The lowest BCUT2D eigenvalue weighted by atomic mass is 9.86. The number of nitrogens with one attached hydrogen (secondary N) is 1. The fourth-order valence-corrected chi connectivity index (χ4v) is 2.76. The number of benzene rings is 1. The third-order valence-corrected chi connectivity index (χ3v) is 4.14. The van der Waals surface area contributed by atoms with Crippen LogP contribution in [0.3, 0.4) is 0 Å². The molecule has 0 aromatic heterocycles. The molecule has 1 aliphatic heterocycles. The van der Waals surface area contributed by atoms with Crippen molar-refractivity contribution in [2.45, 2.75) is 58.2 Å². The zero-order chi connectivity index (χ0) is 15.8. The summed E-state index contributed by atoms with van der Waals surface area (Å²) in [4.78, 5) is 27.4. The predicted octanol–water partition coefficient (Wildman–Crippen LogP) is 2.65. The van der Waals surface area contributed by atoms with Gasteiger partial charge in [0.2, 0.25) is 11.8 Å². The summed E-state index contributed by atoms with van der Waals surface area (Å²) < 4.78 is 0. The molecule has 1 aromatic carbocycles. The number of amides is 2. The first-order chi connectivity index (χ1) is 9.70. The number of hydrogen-bond donors (Lipinski definition) is 1. The first kappa shape index (κ1) is 15.5. The molecular weight excluding hydrogens is 264 g/mol. The molecule has 0 aliphatic carbocycles. The number of nitrogens with zero attached hydrogens (tertiary/aromatic N) is 1. The lowest BCUT2D eigenvalue weighted by molar-refractivity contribution is -0.161. The van der Waals surface area contributed by atoms with Crippen LogP contribution in [-0.2, 0) is 9.59 Å². The Morgan fingerprint density at radius 2 is 1.76 bits per heavy atom. The highest BCUT2D eigenvalue weighted by molar-refractivity contribution is 6.00. The van der Waals surface area contributed by atoms with E-state index in [1.54, 1.807) is 11.8 Å². The quantitative estimate of drug-likeness (QED) is 0.909. The van der Waals surface area contributed by atoms with Gasteiger partial charge in [-0.25, -0.2) is 0 Å². The van der Waals surface area contributed by atoms with Crippen molar-refractivity contribution in [1.29, 1.82) is 0 Å². The number of carbonyl (C=O) groups excluding carboxylic acids is 2. The van der Waals surface area contributed by atoms with Gasteiger partial charge >= 0.3 is 0 Å². The fourth-order valence-electron chi connectivity index (χ4n) is 2.76. The van der Waals surface area contributed by atoms with Crippen LogP contribution in [0.25, 0.3) is 0 Å². The normalized spacial score (nSPS) is 26.7. The van der Waals surface area contributed by atoms with E-state index in [1.807, 2.05) is 58.0 Å². The summed E-state index contributed by atoms with van der Waals surface area (Å²) in [7, 11) is 0. The molecule has 21 heavy (non-hydrogen) atoms. The Labute approximate surface area is 126 Å². The van der Waals surface area contributed by atoms with Gasteiger partial charge in [0, 0.05) is 5.54 Å². The molecular formula is C17H24N2O2. The van der Waals surface area contributed by atoms with E-state index in [0.717, 1.165) is 5.56 Å². The summed E-state index contributed by atoms with van der Waals surface area (Å²) in [6.45, 7) is 9.62. The second-order valence-electron chi connectivity index (χ2n) is 6.83. The van der Waals surface area contributed by atoms with Crippen molar-refractivity contribution < 1.29 is 9.59 Å². The largest absolute Gasteiger partial charge is 0.340 e. The van der Waals surface area contributed by atoms with E-state index in [2.05, 4.69) is 5.32 Å². The number of carbonyl (C=O) groups is 2. The molecule has 114 valence electrons. The smallest absolute Gasteiger partial charge is 0.249 e. The van der Waals surface area contributed by atoms with E-state index < -0.39 is 17.1 Å². The summed E-state index contributed by atoms with van der Waals surface area (Å²) in [5.74, 6) is -0.133. The standard InChI is InChI=1S/C17H24N2O2/c1-6-17(5)15(21)19(16(2,3)4)13(14(20)18-17)12-10-8-7-9-11-12/h7-11,13H,6H2,1-5H3,(H,18,20). The van der Waals surface area contributed by atoms with Gasteiger partial charge in [-0.1, -0.05) is 37.3 Å². The lowest BCUT2D eigenvalue weighted by Crippen LogP contribution is -2.69. The molecule has 4 heteroatoms. The maximum Gasteiger partial charge on any atom is 0.249 e. The van der Waals surface area contributed by atoms with Crippen LogP contribution < -0.4 is 5.32 Å². The van der Waals surface area contributed by atoms with Crippen LogP contribution >= 0.6 is 0 Å². The summed E-state index contributed by atoms with van der Waals surface area (Å²) in [6, 6.07) is 8.90. The third-order valence-electron chi connectivity index (χ3n) is 4.14. The Kier molecular flexibility index (Phi) is 3.83. The van der Waals surface area contributed by atoms with Gasteiger partial charge < -0.3 is 10.2 Å². The average molecular weight is 288 g/mol. The minimum atomic E-state index is -0.824. The SMILES string of the molecule is CCC1(C)NC(=O)C(c2ccccc2)N(C(C)(C)C)C1=O. The molecule has 4 nitrogen and oxygen atoms in total. The Hall–Kier alpha value is -1.84. The van der Waals surface area contributed by atoms with Crippen molar-refractivity contribution in [3.05, 3.63) is 35.9 Å². The van der Waals surface area contributed by atoms with Gasteiger partial charge in [0.1, 0.15) is 11.6 Å². The van der Waals surface area contributed by atoms with E-state index >= 15 is 0 Å². The molecule has 1 saturated heterocycles. The third kappa shape index (κ3) is 2.67. The van der Waals surface area contributed by atoms with Gasteiger partial charge in [0.15, 0.2) is 0 Å². The Morgan fingerprint density at radius 3 is 2.24 bits per heavy atom. The molecule has 2 rings (SSSR count). The Balaban J connectivity index is 2.54. The maximum absolute atomic E-state index is 13.0. The summed E-state index contributed by atoms with van der Waals surface area (Å²) in [5.41, 5.74) is -0.405. The molecule has 1 heterocycles. The van der Waals surface area contributed by atoms with Crippen molar-refractivity contribution in [3.8, 4) is 0 Å². The Bertz CT molecular complexity index is 548. The van der Waals surface area contributed by atoms with Crippen LogP contribution in [0.15, 0.2) is 30.3 Å². The first-order valence-electron chi connectivity index (χ1n) is 7.41. The van der Waals surface area contributed by atoms with Crippen molar-refractivity contribution >= 4 is 11.8 Å². The number of rotatable bonds is 2. The molecule has 1 aromatic rings. The van der Waals surface area contributed by atoms with E-state index in [1.165, 1.54) is 0 Å². The van der Waals surface area contributed by atoms with Crippen molar-refractivity contribution in [2.75, 3.05) is 0 Å². The van der Waals surface area contributed by atoms with E-state index in [4.69, 9.17) is 0 Å². The monoisotopic (exact) mass is 288 g/mol. The van der Waals surface area contributed by atoms with E-state index in [-0.39, 0.29) is 11.8 Å². The molecule has 1 N–H and O–H groups in total. The highest BCUT2D eigenvalue weighted by Crippen LogP contribution is 2.35. The van der Waals surface area contributed by atoms with Crippen LogP contribution in [0, 0.1) is 0 Å². The van der Waals surface area contributed by atoms with Crippen molar-refractivity contribution in [1.82, 2.24) is 10.2 Å². The zero-order valence-corrected chi connectivity index (χ0v) is 13.4. The molecule has 0 saturated carbocycles. The van der Waals surface area contributed by atoms with Crippen LogP contribution in [-0.4, -0.2) is 27.8 Å². The molecule has 1 aliphatic rings. The summed E-state index contributed by atoms with van der Waals surface area (Å²) in [6.07, 6.45) is 0.575. The summed E-state index contributed by atoms with van der Waals surface area (Å²) >= 11 is 0. The highest BCUT2D eigenvalue weighted by Gasteiger charge is 2.50. The second-order valence-corrected chi connectivity index (χ2v) is 6.83. The van der Waals surface area contributed by atoms with Crippen LogP contribution in [0.5, 0.6) is 0 Å². The first-order valence-corrected chi connectivity index (χ1v) is 7.41. The van der Waals surface area contributed by atoms with Crippen LogP contribution in [0.1, 0.15) is 52.6 Å². The van der Waals surface area contributed by atoms with Gasteiger partial charge in [0.25, 0.3) is 0 Å². The van der Waals surface area contributed by atoms with Crippen molar-refractivity contribution in [3.63, 3.8) is 0 Å². The highest BCUT2D eigenvalue weighted by atomic mass is 16.2. The van der Waals surface area contributed by atoms with Gasteiger partial charge in [-0.05, 0) is 39.7 Å². The lowest BCUT2D eigenvalue weighted by Gasteiger charge is -2.50. The average Bonchev–Trinajstić information content (AvgIpc) is 2.42. The Morgan fingerprint density at radius 1 is 1.19 bits per heavy atom. The van der Waals surface area contributed by atoms with Gasteiger partial charge in [0.05, 0.1) is 0 Å². The topological polar surface area (TPSA) is 49.4 Å². The van der Waals surface area contributed by atoms with Crippen LogP contribution in [0.2, 0.25) is 0 Å². The zero-order valence-electron chi connectivity index (χ0n) is 13.4. The molecule has 0 radical (unpaired) electrons. The van der Waals surface area contributed by atoms with Gasteiger partial charge in [-0.3, -0.25) is 9.59 Å². The fraction of sp³-hybridized carbons (Fsp3) is 0.529. The predicted molar refractivity (Wildman–Crippen MR) is 82.6 cm³/mol. The summed E-state index contributed by atoms with van der Waals surface area (Å²) in [5, 5.41) is 2.91. The maximum atomic E-state index is 13.0. The van der Waals surface area contributed by atoms with Gasteiger partial charge in [-0.15, -0.1) is 0 Å². The van der Waals surface area contributed by atoms with Crippen LogP contribution in [0.4, 0.5) is 0 Å². The van der Waals surface area contributed by atoms with E-state index in [9.17, 15) is 9.59 Å². The van der Waals surface area contributed by atoms with Crippen molar-refractivity contribution in [2.24, 2.45) is 0 Å². The van der Waals surface area contributed by atoms with E-state index in [0.29, 0.717) is 6.42 Å². The minimum Gasteiger partial charge on any atom is -0.340 e. The minimum absolute atomic E-state index is 0.0223. The molecule has 2 unspecified atom stereocenters. The molecule has 0 bridgehead atoms.